The number of nitrogens with zero attached hydrogens (tertiary/aromatic N) is 2. The molecule has 0 spiro atoms. The lowest BCUT2D eigenvalue weighted by Crippen LogP contribution is -2.24. The van der Waals surface area contributed by atoms with E-state index in [1.54, 1.807) is 12.4 Å². The van der Waals surface area contributed by atoms with Crippen molar-refractivity contribution < 1.29 is 0 Å². The van der Waals surface area contributed by atoms with E-state index in [4.69, 9.17) is 0 Å². The zero-order valence-corrected chi connectivity index (χ0v) is 8.61. The topological polar surface area (TPSA) is 37.8 Å². The summed E-state index contributed by atoms with van der Waals surface area (Å²) in [6.07, 6.45) is 10.7. The average Bonchev–Trinajstić information content (AvgIpc) is 2.74. The Kier molecular flexibility index (Phi) is 3.09. The van der Waals surface area contributed by atoms with Crippen molar-refractivity contribution in [2.75, 3.05) is 7.05 Å². The summed E-state index contributed by atoms with van der Waals surface area (Å²) in [6.45, 7) is 0. The molecule has 3 heteroatoms. The van der Waals surface area contributed by atoms with Crippen molar-refractivity contribution in [3.63, 3.8) is 0 Å². The van der Waals surface area contributed by atoms with Crippen LogP contribution in [0.1, 0.15) is 37.4 Å². The summed E-state index contributed by atoms with van der Waals surface area (Å²) in [7, 11) is 2.01. The van der Waals surface area contributed by atoms with Crippen molar-refractivity contribution in [2.24, 2.45) is 5.92 Å². The van der Waals surface area contributed by atoms with Crippen LogP contribution in [0.5, 0.6) is 0 Å². The van der Waals surface area contributed by atoms with Crippen molar-refractivity contribution >= 4 is 0 Å². The zero-order valence-electron chi connectivity index (χ0n) is 8.61. The normalized spacial score (nSPS) is 19.8. The number of hydrogen-bond donors (Lipinski definition) is 1. The summed E-state index contributed by atoms with van der Waals surface area (Å²) >= 11 is 0. The third kappa shape index (κ3) is 1.93. The van der Waals surface area contributed by atoms with Crippen molar-refractivity contribution in [1.29, 1.82) is 0 Å². The lowest BCUT2D eigenvalue weighted by Gasteiger charge is -2.21. The lowest BCUT2D eigenvalue weighted by molar-refractivity contribution is 0.382. The van der Waals surface area contributed by atoms with Gasteiger partial charge in [0.15, 0.2) is 0 Å². The summed E-state index contributed by atoms with van der Waals surface area (Å²) in [4.78, 5) is 8.49. The highest BCUT2D eigenvalue weighted by atomic mass is 14.9. The summed E-state index contributed by atoms with van der Waals surface area (Å²) in [5, 5.41) is 3.36. The molecule has 0 amide bonds. The molecule has 14 heavy (non-hydrogen) atoms. The Morgan fingerprint density at radius 1 is 1.36 bits per heavy atom. The molecule has 1 aliphatic carbocycles. The Hall–Kier alpha value is -0.960. The van der Waals surface area contributed by atoms with Gasteiger partial charge < -0.3 is 5.32 Å². The SMILES string of the molecule is CNC(c1cnccn1)C1CCCC1. The van der Waals surface area contributed by atoms with E-state index in [0.717, 1.165) is 11.6 Å². The van der Waals surface area contributed by atoms with E-state index < -0.39 is 0 Å². The summed E-state index contributed by atoms with van der Waals surface area (Å²) in [5.41, 5.74) is 1.09. The first-order chi connectivity index (χ1) is 6.92. The van der Waals surface area contributed by atoms with Crippen molar-refractivity contribution in [3.8, 4) is 0 Å². The standard InChI is InChI=1S/C11H17N3/c1-12-11(9-4-2-3-5-9)10-8-13-6-7-14-10/h6-9,11-12H,2-5H2,1H3. The van der Waals surface area contributed by atoms with Gasteiger partial charge in [-0.1, -0.05) is 12.8 Å². The number of nitrogens with one attached hydrogen (secondary N) is 1. The Bertz CT molecular complexity index is 267. The zero-order chi connectivity index (χ0) is 9.80. The van der Waals surface area contributed by atoms with Gasteiger partial charge in [0.25, 0.3) is 0 Å². The Balaban J connectivity index is 2.12. The van der Waals surface area contributed by atoms with Crippen LogP contribution >= 0.6 is 0 Å². The molecule has 1 saturated carbocycles. The molecule has 0 saturated heterocycles. The fourth-order valence-electron chi connectivity index (χ4n) is 2.39. The van der Waals surface area contributed by atoms with Gasteiger partial charge in [-0.15, -0.1) is 0 Å². The minimum Gasteiger partial charge on any atom is -0.311 e. The van der Waals surface area contributed by atoms with E-state index in [-0.39, 0.29) is 0 Å². The predicted molar refractivity (Wildman–Crippen MR) is 55.8 cm³/mol. The molecule has 1 atom stereocenters. The number of rotatable bonds is 3. The molecule has 1 N–H and O–H groups in total. The first-order valence-electron chi connectivity index (χ1n) is 5.35. The molecule has 1 aromatic heterocycles. The van der Waals surface area contributed by atoms with Crippen LogP contribution in [0.3, 0.4) is 0 Å². The van der Waals surface area contributed by atoms with Gasteiger partial charge in [0.2, 0.25) is 0 Å². The lowest BCUT2D eigenvalue weighted by atomic mass is 9.96. The highest BCUT2D eigenvalue weighted by Gasteiger charge is 2.25. The van der Waals surface area contributed by atoms with Crippen molar-refractivity contribution in [2.45, 2.75) is 31.7 Å². The quantitative estimate of drug-likeness (QED) is 0.793. The molecule has 2 rings (SSSR count). The number of hydrogen-bond acceptors (Lipinski definition) is 3. The summed E-state index contributed by atoms with van der Waals surface area (Å²) in [6, 6.07) is 0.395. The monoisotopic (exact) mass is 191 g/mol. The molecule has 0 radical (unpaired) electrons. The second-order valence-electron chi connectivity index (χ2n) is 3.94. The van der Waals surface area contributed by atoms with E-state index in [1.165, 1.54) is 25.7 Å². The highest BCUT2D eigenvalue weighted by molar-refractivity contribution is 5.04. The summed E-state index contributed by atoms with van der Waals surface area (Å²) < 4.78 is 0. The maximum atomic E-state index is 4.37. The molecule has 1 fully saturated rings. The molecule has 76 valence electrons. The smallest absolute Gasteiger partial charge is 0.0758 e. The van der Waals surface area contributed by atoms with Gasteiger partial charge >= 0.3 is 0 Å². The molecule has 3 nitrogen and oxygen atoms in total. The molecular weight excluding hydrogens is 174 g/mol. The van der Waals surface area contributed by atoms with Crippen LogP contribution in [0, 0.1) is 5.92 Å². The maximum absolute atomic E-state index is 4.37. The van der Waals surface area contributed by atoms with Gasteiger partial charge in [-0.25, -0.2) is 0 Å². The second-order valence-corrected chi connectivity index (χ2v) is 3.94. The van der Waals surface area contributed by atoms with Gasteiger partial charge in [-0.3, -0.25) is 9.97 Å². The van der Waals surface area contributed by atoms with E-state index in [9.17, 15) is 0 Å². The molecule has 1 heterocycles. The van der Waals surface area contributed by atoms with Crippen LogP contribution in [0.4, 0.5) is 0 Å². The maximum Gasteiger partial charge on any atom is 0.0758 e. The van der Waals surface area contributed by atoms with Crippen LogP contribution in [-0.2, 0) is 0 Å². The molecule has 1 aliphatic rings. The van der Waals surface area contributed by atoms with Gasteiger partial charge in [0.05, 0.1) is 11.7 Å². The summed E-state index contributed by atoms with van der Waals surface area (Å²) in [5.74, 6) is 0.747. The molecule has 0 bridgehead atoms. The highest BCUT2D eigenvalue weighted by Crippen LogP contribution is 2.34. The second kappa shape index (κ2) is 4.51. The molecule has 1 unspecified atom stereocenters. The van der Waals surface area contributed by atoms with Gasteiger partial charge in [0, 0.05) is 18.6 Å². The van der Waals surface area contributed by atoms with Gasteiger partial charge in [-0.05, 0) is 25.8 Å². The Morgan fingerprint density at radius 2 is 2.14 bits per heavy atom. The Labute approximate surface area is 85.0 Å². The first-order valence-corrected chi connectivity index (χ1v) is 5.35. The Morgan fingerprint density at radius 3 is 2.71 bits per heavy atom. The molecule has 0 aliphatic heterocycles. The van der Waals surface area contributed by atoms with Crippen LogP contribution in [0.25, 0.3) is 0 Å². The largest absolute Gasteiger partial charge is 0.311 e. The van der Waals surface area contributed by atoms with Gasteiger partial charge in [0.1, 0.15) is 0 Å². The van der Waals surface area contributed by atoms with E-state index in [1.807, 2.05) is 13.2 Å². The van der Waals surface area contributed by atoms with Crippen LogP contribution in [-0.4, -0.2) is 17.0 Å². The van der Waals surface area contributed by atoms with Gasteiger partial charge in [-0.2, -0.15) is 0 Å². The van der Waals surface area contributed by atoms with Crippen LogP contribution in [0.2, 0.25) is 0 Å². The van der Waals surface area contributed by atoms with Crippen LogP contribution < -0.4 is 5.32 Å². The molecular formula is C11H17N3. The van der Waals surface area contributed by atoms with Crippen molar-refractivity contribution in [3.05, 3.63) is 24.3 Å². The van der Waals surface area contributed by atoms with E-state index in [2.05, 4.69) is 15.3 Å². The molecule has 0 aromatic carbocycles. The predicted octanol–water partition coefficient (Wildman–Crippen LogP) is 1.93. The number of aromatic nitrogens is 2. The van der Waals surface area contributed by atoms with Crippen LogP contribution in [0.15, 0.2) is 18.6 Å². The van der Waals surface area contributed by atoms with E-state index >= 15 is 0 Å². The van der Waals surface area contributed by atoms with E-state index in [0.29, 0.717) is 6.04 Å². The third-order valence-corrected chi connectivity index (χ3v) is 3.08. The minimum atomic E-state index is 0.395. The fraction of sp³-hybridized carbons (Fsp3) is 0.636. The fourth-order valence-corrected chi connectivity index (χ4v) is 2.39. The van der Waals surface area contributed by atoms with Crippen molar-refractivity contribution in [1.82, 2.24) is 15.3 Å². The average molecular weight is 191 g/mol. The third-order valence-electron chi connectivity index (χ3n) is 3.08. The first kappa shape index (κ1) is 9.59. The minimum absolute atomic E-state index is 0.395. The molecule has 1 aromatic rings.